The molecule has 1 aromatic carbocycles. The average molecular weight is 364 g/mol. The van der Waals surface area contributed by atoms with Crippen molar-refractivity contribution in [1.29, 1.82) is 0 Å². The molecule has 2 aromatic rings. The molecular formula is C16H20N4O4S. The van der Waals surface area contributed by atoms with Crippen LogP contribution in [0.3, 0.4) is 0 Å². The number of aryl methyl sites for hydroxylation is 1. The van der Waals surface area contributed by atoms with Crippen molar-refractivity contribution < 1.29 is 13.3 Å². The van der Waals surface area contributed by atoms with Crippen LogP contribution >= 0.6 is 0 Å². The molecular weight excluding hydrogens is 344 g/mol. The third-order valence-corrected chi connectivity index (χ3v) is 5.53. The minimum atomic E-state index is -3.69. The zero-order valence-electron chi connectivity index (χ0n) is 14.1. The lowest BCUT2D eigenvalue weighted by Gasteiger charge is -2.34. The summed E-state index contributed by atoms with van der Waals surface area (Å²) in [6.07, 6.45) is 6.72. The minimum Gasteiger partial charge on any atom is -0.369 e. The Morgan fingerprint density at radius 2 is 2.12 bits per heavy atom. The van der Waals surface area contributed by atoms with Crippen LogP contribution in [-0.4, -0.2) is 42.5 Å². The zero-order valence-corrected chi connectivity index (χ0v) is 14.9. The summed E-state index contributed by atoms with van der Waals surface area (Å²) in [6.45, 7) is 3.44. The molecule has 0 radical (unpaired) electrons. The highest BCUT2D eigenvalue weighted by Gasteiger charge is 2.26. The lowest BCUT2D eigenvalue weighted by atomic mass is 10.0. The number of anilines is 1. The number of nitrogens with zero attached hydrogens (tertiary/aromatic N) is 4. The Labute approximate surface area is 146 Å². The number of benzene rings is 1. The third kappa shape index (κ3) is 3.65. The predicted molar refractivity (Wildman–Crippen MR) is 93.7 cm³/mol. The van der Waals surface area contributed by atoms with Gasteiger partial charge in [0.25, 0.3) is 5.69 Å². The Hall–Kier alpha value is -2.42. The van der Waals surface area contributed by atoms with Gasteiger partial charge in [-0.2, -0.15) is 5.10 Å². The smallest absolute Gasteiger partial charge is 0.288 e. The monoisotopic (exact) mass is 364 g/mol. The van der Waals surface area contributed by atoms with E-state index in [-0.39, 0.29) is 16.6 Å². The van der Waals surface area contributed by atoms with Crippen LogP contribution in [0.5, 0.6) is 0 Å². The first-order chi connectivity index (χ1) is 11.8. The maximum absolute atomic E-state index is 11.9. The second kappa shape index (κ2) is 6.47. The van der Waals surface area contributed by atoms with Crippen molar-refractivity contribution in [3.63, 3.8) is 0 Å². The van der Waals surface area contributed by atoms with Crippen molar-refractivity contribution in [3.8, 4) is 0 Å². The summed E-state index contributed by atoms with van der Waals surface area (Å²) in [7, 11) is -3.69. The number of hydrogen-bond donors (Lipinski definition) is 0. The zero-order chi connectivity index (χ0) is 18.2. The SMILES string of the molecule is Cc1cnn(C2CCCN(c3ccc([N+](=O)[O-])c(S(C)(=O)=O)c3)C2)c1. The molecule has 3 rings (SSSR count). The van der Waals surface area contributed by atoms with Crippen LogP contribution in [0.25, 0.3) is 0 Å². The summed E-state index contributed by atoms with van der Waals surface area (Å²) < 4.78 is 25.8. The van der Waals surface area contributed by atoms with E-state index < -0.39 is 14.8 Å². The maximum atomic E-state index is 11.9. The molecule has 0 aliphatic carbocycles. The molecule has 134 valence electrons. The Morgan fingerprint density at radius 3 is 2.72 bits per heavy atom. The van der Waals surface area contributed by atoms with Crippen LogP contribution in [0.2, 0.25) is 0 Å². The van der Waals surface area contributed by atoms with Gasteiger partial charge in [0, 0.05) is 37.3 Å². The number of nitro groups is 1. The van der Waals surface area contributed by atoms with Crippen LogP contribution in [0.1, 0.15) is 24.4 Å². The van der Waals surface area contributed by atoms with Crippen LogP contribution in [0.15, 0.2) is 35.5 Å². The molecule has 0 spiro atoms. The quantitative estimate of drug-likeness (QED) is 0.610. The molecule has 0 N–H and O–H groups in total. The fourth-order valence-corrected chi connectivity index (χ4v) is 4.04. The van der Waals surface area contributed by atoms with E-state index in [2.05, 4.69) is 10.00 Å². The van der Waals surface area contributed by atoms with Gasteiger partial charge in [0.2, 0.25) is 0 Å². The molecule has 9 heteroatoms. The van der Waals surface area contributed by atoms with E-state index in [9.17, 15) is 18.5 Å². The van der Waals surface area contributed by atoms with Crippen molar-refractivity contribution in [3.05, 3.63) is 46.3 Å². The van der Waals surface area contributed by atoms with E-state index in [0.717, 1.165) is 31.2 Å². The van der Waals surface area contributed by atoms with Crippen molar-refractivity contribution in [1.82, 2.24) is 9.78 Å². The van der Waals surface area contributed by atoms with Gasteiger partial charge in [-0.15, -0.1) is 0 Å². The van der Waals surface area contributed by atoms with Gasteiger partial charge >= 0.3 is 0 Å². The first-order valence-corrected chi connectivity index (χ1v) is 9.89. The summed E-state index contributed by atoms with van der Waals surface area (Å²) in [4.78, 5) is 12.3. The average Bonchev–Trinajstić information content (AvgIpc) is 3.00. The molecule has 1 atom stereocenters. The van der Waals surface area contributed by atoms with E-state index in [1.807, 2.05) is 24.0 Å². The Morgan fingerprint density at radius 1 is 1.36 bits per heavy atom. The molecule has 0 saturated carbocycles. The first-order valence-electron chi connectivity index (χ1n) is 8.00. The summed E-state index contributed by atoms with van der Waals surface area (Å²) >= 11 is 0. The van der Waals surface area contributed by atoms with Crippen molar-refractivity contribution in [2.75, 3.05) is 24.2 Å². The van der Waals surface area contributed by atoms with Crippen molar-refractivity contribution in [2.45, 2.75) is 30.7 Å². The second-order valence-corrected chi connectivity index (χ2v) is 8.41. The van der Waals surface area contributed by atoms with Gasteiger partial charge in [-0.05, 0) is 37.5 Å². The van der Waals surface area contributed by atoms with Gasteiger partial charge in [-0.1, -0.05) is 0 Å². The summed E-state index contributed by atoms with van der Waals surface area (Å²) in [6, 6.07) is 4.49. The van der Waals surface area contributed by atoms with E-state index in [4.69, 9.17) is 0 Å². The van der Waals surface area contributed by atoms with Gasteiger partial charge in [0.1, 0.15) is 4.90 Å². The highest BCUT2D eigenvalue weighted by Crippen LogP contribution is 2.32. The Kier molecular flexibility index (Phi) is 4.51. The second-order valence-electron chi connectivity index (χ2n) is 6.42. The van der Waals surface area contributed by atoms with E-state index >= 15 is 0 Å². The van der Waals surface area contributed by atoms with Crippen LogP contribution in [-0.2, 0) is 9.84 Å². The lowest BCUT2D eigenvalue weighted by molar-refractivity contribution is -0.387. The minimum absolute atomic E-state index is 0.194. The molecule has 1 aliphatic heterocycles. The number of hydrogen-bond acceptors (Lipinski definition) is 6. The maximum Gasteiger partial charge on any atom is 0.288 e. The largest absolute Gasteiger partial charge is 0.369 e. The van der Waals surface area contributed by atoms with Gasteiger partial charge in [-0.3, -0.25) is 14.8 Å². The third-order valence-electron chi connectivity index (χ3n) is 4.41. The molecule has 0 amide bonds. The fourth-order valence-electron chi connectivity index (χ4n) is 3.19. The van der Waals surface area contributed by atoms with Crippen molar-refractivity contribution in [2.24, 2.45) is 0 Å². The number of sulfone groups is 1. The van der Waals surface area contributed by atoms with Crippen molar-refractivity contribution >= 4 is 21.2 Å². The first kappa shape index (κ1) is 17.4. The molecule has 1 aliphatic rings. The fraction of sp³-hybridized carbons (Fsp3) is 0.438. The van der Waals surface area contributed by atoms with Crippen LogP contribution in [0, 0.1) is 17.0 Å². The normalized spacial score (nSPS) is 18.3. The lowest BCUT2D eigenvalue weighted by Crippen LogP contribution is -2.36. The molecule has 1 aromatic heterocycles. The van der Waals surface area contributed by atoms with E-state index in [1.165, 1.54) is 12.1 Å². The molecule has 8 nitrogen and oxygen atoms in total. The molecule has 0 bridgehead atoms. The molecule has 25 heavy (non-hydrogen) atoms. The molecule has 1 fully saturated rings. The molecule has 2 heterocycles. The van der Waals surface area contributed by atoms with Gasteiger partial charge < -0.3 is 4.90 Å². The van der Waals surface area contributed by atoms with Crippen LogP contribution < -0.4 is 4.90 Å². The molecule has 1 saturated heterocycles. The van der Waals surface area contributed by atoms with E-state index in [1.54, 1.807) is 6.07 Å². The number of piperidine rings is 1. The van der Waals surface area contributed by atoms with Crippen LogP contribution in [0.4, 0.5) is 11.4 Å². The summed E-state index contributed by atoms with van der Waals surface area (Å²) in [5, 5.41) is 15.5. The van der Waals surface area contributed by atoms with Gasteiger partial charge in [-0.25, -0.2) is 8.42 Å². The Balaban J connectivity index is 1.92. The highest BCUT2D eigenvalue weighted by atomic mass is 32.2. The summed E-state index contributed by atoms with van der Waals surface area (Å²) in [5.74, 6) is 0. The number of aromatic nitrogens is 2. The number of rotatable bonds is 4. The van der Waals surface area contributed by atoms with E-state index in [0.29, 0.717) is 12.2 Å². The Bertz CT molecular complexity index is 907. The molecule has 1 unspecified atom stereocenters. The predicted octanol–water partition coefficient (Wildman–Crippen LogP) is 2.34. The topological polar surface area (TPSA) is 98.3 Å². The summed E-state index contributed by atoms with van der Waals surface area (Å²) in [5.41, 5.74) is 1.38. The standard InChI is InChI=1S/C16H20N4O4S/c1-12-9-17-19(10-12)14-4-3-7-18(11-14)13-5-6-15(20(21)22)16(8-13)25(2,23)24/h5-6,8-10,14H,3-4,7,11H2,1-2H3. The van der Waals surface area contributed by atoms with Gasteiger partial charge in [0.15, 0.2) is 9.84 Å². The van der Waals surface area contributed by atoms with Gasteiger partial charge in [0.05, 0.1) is 17.2 Å². The number of nitro benzene ring substituents is 1. The highest BCUT2D eigenvalue weighted by molar-refractivity contribution is 7.90.